The highest BCUT2D eigenvalue weighted by Crippen LogP contribution is 2.09. The molecule has 1 fully saturated rings. The highest BCUT2D eigenvalue weighted by Gasteiger charge is 2.21. The summed E-state index contributed by atoms with van der Waals surface area (Å²) in [6.07, 6.45) is 2.86. The second kappa shape index (κ2) is 6.08. The van der Waals surface area contributed by atoms with E-state index in [0.29, 0.717) is 12.5 Å². The lowest BCUT2D eigenvalue weighted by Gasteiger charge is -2.30. The van der Waals surface area contributed by atoms with Gasteiger partial charge in [0.1, 0.15) is 0 Å². The average molecular weight is 213 g/mol. The summed E-state index contributed by atoms with van der Waals surface area (Å²) in [5.41, 5.74) is 0. The van der Waals surface area contributed by atoms with Crippen LogP contribution in [0, 0.1) is 0 Å². The Morgan fingerprint density at radius 2 is 2.27 bits per heavy atom. The molecule has 1 unspecified atom stereocenters. The van der Waals surface area contributed by atoms with E-state index in [1.165, 1.54) is 6.42 Å². The first-order valence-electron chi connectivity index (χ1n) is 5.71. The number of likely N-dealkylation sites (tertiary alicyclic amines) is 1. The normalized spacial score (nSPS) is 22.5. The predicted molar refractivity (Wildman–Crippen MR) is 61.8 cm³/mol. The van der Waals surface area contributed by atoms with Crippen molar-refractivity contribution in [1.29, 1.82) is 0 Å². The van der Waals surface area contributed by atoms with Gasteiger partial charge in [-0.3, -0.25) is 4.79 Å². The highest BCUT2D eigenvalue weighted by molar-refractivity contribution is 5.76. The van der Waals surface area contributed by atoms with Gasteiger partial charge >= 0.3 is 0 Å². The van der Waals surface area contributed by atoms with Gasteiger partial charge in [-0.15, -0.1) is 0 Å². The van der Waals surface area contributed by atoms with Crippen molar-refractivity contribution < 1.29 is 4.79 Å². The quantitative estimate of drug-likeness (QED) is 0.660. The fourth-order valence-electron chi connectivity index (χ4n) is 1.88. The molecule has 4 heteroatoms. The van der Waals surface area contributed by atoms with Crippen LogP contribution < -0.4 is 5.32 Å². The lowest BCUT2D eigenvalue weighted by Crippen LogP contribution is -2.47. The van der Waals surface area contributed by atoms with Crippen molar-refractivity contribution in [1.82, 2.24) is 15.1 Å². The summed E-state index contributed by atoms with van der Waals surface area (Å²) in [7, 11) is 6.07. The van der Waals surface area contributed by atoms with Crippen LogP contribution >= 0.6 is 0 Å². The molecule has 1 aliphatic rings. The van der Waals surface area contributed by atoms with Crippen LogP contribution in [0.3, 0.4) is 0 Å². The molecule has 0 bridgehead atoms. The molecule has 1 rings (SSSR count). The van der Waals surface area contributed by atoms with Crippen LogP contribution in [0.15, 0.2) is 0 Å². The SMILES string of the molecule is CN(C)CCCNC1CCC(=O)N(C)C1. The van der Waals surface area contributed by atoms with Crippen LogP contribution in [0.25, 0.3) is 0 Å². The largest absolute Gasteiger partial charge is 0.344 e. The van der Waals surface area contributed by atoms with Gasteiger partial charge in [-0.25, -0.2) is 0 Å². The first kappa shape index (κ1) is 12.5. The molecule has 0 spiro atoms. The maximum absolute atomic E-state index is 11.3. The molecular formula is C11H23N3O. The summed E-state index contributed by atoms with van der Waals surface area (Å²) in [6.45, 7) is 3.03. The highest BCUT2D eigenvalue weighted by atomic mass is 16.2. The molecule has 1 N–H and O–H groups in total. The minimum absolute atomic E-state index is 0.279. The summed E-state index contributed by atoms with van der Waals surface area (Å²) in [6, 6.07) is 0.495. The third kappa shape index (κ3) is 4.62. The first-order valence-corrected chi connectivity index (χ1v) is 5.71. The smallest absolute Gasteiger partial charge is 0.222 e. The third-order valence-corrected chi connectivity index (χ3v) is 2.84. The maximum Gasteiger partial charge on any atom is 0.222 e. The van der Waals surface area contributed by atoms with Crippen LogP contribution in [-0.2, 0) is 4.79 Å². The van der Waals surface area contributed by atoms with Crippen LogP contribution in [0.2, 0.25) is 0 Å². The second-order valence-corrected chi connectivity index (χ2v) is 4.62. The van der Waals surface area contributed by atoms with Gasteiger partial charge < -0.3 is 15.1 Å². The zero-order valence-electron chi connectivity index (χ0n) is 10.1. The molecular weight excluding hydrogens is 190 g/mol. The van der Waals surface area contributed by atoms with E-state index < -0.39 is 0 Å². The molecule has 1 heterocycles. The first-order chi connectivity index (χ1) is 7.09. The molecule has 0 aliphatic carbocycles. The van der Waals surface area contributed by atoms with E-state index in [1.807, 2.05) is 11.9 Å². The van der Waals surface area contributed by atoms with Crippen molar-refractivity contribution in [2.75, 3.05) is 40.8 Å². The zero-order valence-corrected chi connectivity index (χ0v) is 10.1. The van der Waals surface area contributed by atoms with E-state index in [4.69, 9.17) is 0 Å². The lowest BCUT2D eigenvalue weighted by molar-refractivity contribution is -0.132. The third-order valence-electron chi connectivity index (χ3n) is 2.84. The Balaban J connectivity index is 2.09. The van der Waals surface area contributed by atoms with Gasteiger partial charge in [0, 0.05) is 26.1 Å². The standard InChI is InChI=1S/C11H23N3O/c1-13(2)8-4-7-12-10-5-6-11(15)14(3)9-10/h10,12H,4-9H2,1-3H3. The molecule has 1 amide bonds. The second-order valence-electron chi connectivity index (χ2n) is 4.62. The zero-order chi connectivity index (χ0) is 11.3. The van der Waals surface area contributed by atoms with Crippen LogP contribution in [-0.4, -0.2) is 62.5 Å². The van der Waals surface area contributed by atoms with E-state index in [9.17, 15) is 4.79 Å². The number of amides is 1. The minimum Gasteiger partial charge on any atom is -0.344 e. The molecule has 1 atom stereocenters. The molecule has 0 saturated carbocycles. The van der Waals surface area contributed by atoms with Crippen molar-refractivity contribution in [3.63, 3.8) is 0 Å². The number of piperidine rings is 1. The Morgan fingerprint density at radius 1 is 1.53 bits per heavy atom. The fraction of sp³-hybridized carbons (Fsp3) is 0.909. The van der Waals surface area contributed by atoms with E-state index in [-0.39, 0.29) is 5.91 Å². The number of hydrogen-bond donors (Lipinski definition) is 1. The van der Waals surface area contributed by atoms with Gasteiger partial charge in [0.05, 0.1) is 0 Å². The molecule has 88 valence electrons. The van der Waals surface area contributed by atoms with Gasteiger partial charge in [-0.05, 0) is 40.0 Å². The van der Waals surface area contributed by atoms with Crippen LogP contribution in [0.4, 0.5) is 0 Å². The molecule has 0 aromatic rings. The predicted octanol–water partition coefficient (Wildman–Crippen LogP) is 0.149. The fourth-order valence-corrected chi connectivity index (χ4v) is 1.88. The number of likely N-dealkylation sites (N-methyl/N-ethyl adjacent to an activating group) is 1. The van der Waals surface area contributed by atoms with Gasteiger partial charge in [0.15, 0.2) is 0 Å². The van der Waals surface area contributed by atoms with Gasteiger partial charge in [-0.1, -0.05) is 0 Å². The number of nitrogens with zero attached hydrogens (tertiary/aromatic N) is 2. The Labute approximate surface area is 92.6 Å². The molecule has 0 radical (unpaired) electrons. The van der Waals surface area contributed by atoms with Gasteiger partial charge in [0.2, 0.25) is 5.91 Å². The summed E-state index contributed by atoms with van der Waals surface area (Å²) < 4.78 is 0. The lowest BCUT2D eigenvalue weighted by atomic mass is 10.1. The number of nitrogens with one attached hydrogen (secondary N) is 1. The Hall–Kier alpha value is -0.610. The molecule has 15 heavy (non-hydrogen) atoms. The number of carbonyl (C=O) groups is 1. The number of rotatable bonds is 5. The Morgan fingerprint density at radius 3 is 2.87 bits per heavy atom. The monoisotopic (exact) mass is 213 g/mol. The number of hydrogen-bond acceptors (Lipinski definition) is 3. The minimum atomic E-state index is 0.279. The van der Waals surface area contributed by atoms with Crippen LogP contribution in [0.5, 0.6) is 0 Å². The van der Waals surface area contributed by atoms with E-state index in [1.54, 1.807) is 0 Å². The van der Waals surface area contributed by atoms with E-state index in [2.05, 4.69) is 24.3 Å². The summed E-state index contributed by atoms with van der Waals surface area (Å²) >= 11 is 0. The summed E-state index contributed by atoms with van der Waals surface area (Å²) in [4.78, 5) is 15.3. The van der Waals surface area contributed by atoms with Crippen molar-refractivity contribution in [2.24, 2.45) is 0 Å². The van der Waals surface area contributed by atoms with Crippen molar-refractivity contribution in [2.45, 2.75) is 25.3 Å². The summed E-state index contributed by atoms with van der Waals surface area (Å²) in [5.74, 6) is 0.279. The molecule has 0 aromatic heterocycles. The van der Waals surface area contributed by atoms with Crippen molar-refractivity contribution in [3.8, 4) is 0 Å². The van der Waals surface area contributed by atoms with Crippen molar-refractivity contribution in [3.05, 3.63) is 0 Å². The topological polar surface area (TPSA) is 35.6 Å². The van der Waals surface area contributed by atoms with Crippen molar-refractivity contribution >= 4 is 5.91 Å². The van der Waals surface area contributed by atoms with E-state index in [0.717, 1.165) is 26.1 Å². The van der Waals surface area contributed by atoms with Crippen LogP contribution in [0.1, 0.15) is 19.3 Å². The van der Waals surface area contributed by atoms with Gasteiger partial charge in [0.25, 0.3) is 0 Å². The Kier molecular flexibility index (Phi) is 5.05. The summed E-state index contributed by atoms with van der Waals surface area (Å²) in [5, 5.41) is 3.51. The van der Waals surface area contributed by atoms with E-state index >= 15 is 0 Å². The number of carbonyl (C=O) groups excluding carboxylic acids is 1. The molecule has 0 aromatic carbocycles. The molecule has 1 aliphatic heterocycles. The molecule has 1 saturated heterocycles. The maximum atomic E-state index is 11.3. The molecule has 4 nitrogen and oxygen atoms in total. The Bertz CT molecular complexity index is 206. The average Bonchev–Trinajstić information content (AvgIpc) is 2.18. The van der Waals surface area contributed by atoms with Gasteiger partial charge in [-0.2, -0.15) is 0 Å².